The molecule has 0 amide bonds. The zero-order valence-corrected chi connectivity index (χ0v) is 17.9. The molecule has 29 heavy (non-hydrogen) atoms. The number of nitrogens with zero attached hydrogens (tertiary/aromatic N) is 3. The Kier molecular flexibility index (Phi) is 6.59. The molecule has 0 radical (unpaired) electrons. The molecule has 1 heterocycles. The van der Waals surface area contributed by atoms with Crippen LogP contribution in [0.3, 0.4) is 0 Å². The van der Waals surface area contributed by atoms with Crippen LogP contribution in [0.5, 0.6) is 0 Å². The zero-order valence-electron chi connectivity index (χ0n) is 17.9. The van der Waals surface area contributed by atoms with Gasteiger partial charge < -0.3 is 25.0 Å². The van der Waals surface area contributed by atoms with Crippen molar-refractivity contribution in [2.24, 2.45) is 17.5 Å². The molecule has 0 saturated heterocycles. The van der Waals surface area contributed by atoms with Crippen LogP contribution in [0.2, 0.25) is 0 Å². The molecule has 3 atom stereocenters. The van der Waals surface area contributed by atoms with Crippen molar-refractivity contribution in [3.63, 3.8) is 0 Å². The van der Waals surface area contributed by atoms with Crippen LogP contribution < -0.4 is 10.6 Å². The second-order valence-corrected chi connectivity index (χ2v) is 8.29. The van der Waals surface area contributed by atoms with Crippen LogP contribution in [0.15, 0.2) is 17.4 Å². The molecular formula is C19H32F3N5O2. The maximum Gasteiger partial charge on any atom is 0.424 e. The summed E-state index contributed by atoms with van der Waals surface area (Å²) in [5, 5.41) is 16.8. The predicted octanol–water partition coefficient (Wildman–Crippen LogP) is 2.32. The second-order valence-electron chi connectivity index (χ2n) is 8.29. The Bertz CT molecular complexity index is 734. The lowest BCUT2D eigenvalue weighted by Crippen LogP contribution is -2.69. The minimum absolute atomic E-state index is 0.0568. The summed E-state index contributed by atoms with van der Waals surface area (Å²) in [4.78, 5) is 7.97. The number of rotatable bonds is 7. The first-order chi connectivity index (χ1) is 13.3. The molecule has 0 spiro atoms. The third kappa shape index (κ3) is 4.23. The summed E-state index contributed by atoms with van der Waals surface area (Å²) < 4.78 is 47.6. The summed E-state index contributed by atoms with van der Waals surface area (Å²) >= 11 is 0. The van der Waals surface area contributed by atoms with Crippen LogP contribution in [0.25, 0.3) is 0 Å². The first-order valence-corrected chi connectivity index (χ1v) is 9.69. The third-order valence-corrected chi connectivity index (χ3v) is 6.34. The fourth-order valence-electron chi connectivity index (χ4n) is 3.68. The van der Waals surface area contributed by atoms with Gasteiger partial charge in [-0.25, -0.2) is 4.98 Å². The lowest BCUT2D eigenvalue weighted by atomic mass is 9.56. The number of hydrogen-bond acceptors (Lipinski definition) is 4. The summed E-state index contributed by atoms with van der Waals surface area (Å²) in [5.41, 5.74) is -3.54. The van der Waals surface area contributed by atoms with Gasteiger partial charge in [0.15, 0.2) is 5.96 Å². The molecule has 3 N–H and O–H groups in total. The zero-order chi connectivity index (χ0) is 22.1. The second kappa shape index (κ2) is 8.14. The fraction of sp³-hybridized carbons (Fsp3) is 0.789. The van der Waals surface area contributed by atoms with Gasteiger partial charge in [0.25, 0.3) is 0 Å². The number of imidazole rings is 1. The van der Waals surface area contributed by atoms with Crippen molar-refractivity contribution < 1.29 is 23.0 Å². The molecule has 166 valence electrons. The monoisotopic (exact) mass is 419 g/mol. The Morgan fingerprint density at radius 2 is 2.07 bits per heavy atom. The summed E-state index contributed by atoms with van der Waals surface area (Å²) in [6, 6.07) is 0.0568. The van der Waals surface area contributed by atoms with Crippen molar-refractivity contribution in [2.75, 3.05) is 20.2 Å². The molecule has 0 aromatic carbocycles. The molecule has 0 aliphatic heterocycles. The summed E-state index contributed by atoms with van der Waals surface area (Å²) in [6.07, 6.45) is -2.16. The number of aryl methyl sites for hydroxylation is 1. The minimum Gasteiger partial charge on any atom is -0.378 e. The van der Waals surface area contributed by atoms with Crippen LogP contribution in [0.1, 0.15) is 46.4 Å². The summed E-state index contributed by atoms with van der Waals surface area (Å²) in [5.74, 6) is -0.0396. The van der Waals surface area contributed by atoms with Crippen LogP contribution in [0.4, 0.5) is 13.2 Å². The smallest absolute Gasteiger partial charge is 0.378 e. The first kappa shape index (κ1) is 23.5. The van der Waals surface area contributed by atoms with E-state index in [-0.39, 0.29) is 23.6 Å². The standard InChI is InChI=1S/C19H32F3N5O2/c1-7-23-15(26-13-12-17(4,29-6)16(13,2)3)25-9-8-18(28,19(20,21)22)14-24-10-11-27(14)5/h10-11,13,28H,7-9,12H2,1-6H3,(H2,23,25,26). The van der Waals surface area contributed by atoms with Gasteiger partial charge in [-0.2, -0.15) is 13.2 Å². The Balaban J connectivity index is 2.13. The molecule has 2 rings (SSSR count). The van der Waals surface area contributed by atoms with E-state index in [2.05, 4.69) is 34.5 Å². The molecule has 7 nitrogen and oxygen atoms in total. The van der Waals surface area contributed by atoms with Gasteiger partial charge in [0.2, 0.25) is 5.60 Å². The largest absolute Gasteiger partial charge is 0.424 e. The van der Waals surface area contributed by atoms with Gasteiger partial charge in [0.05, 0.1) is 5.60 Å². The molecule has 1 saturated carbocycles. The van der Waals surface area contributed by atoms with E-state index < -0.39 is 24.0 Å². The number of guanidine groups is 1. The molecule has 3 unspecified atom stereocenters. The molecule has 1 aliphatic carbocycles. The molecule has 10 heteroatoms. The van der Waals surface area contributed by atoms with Gasteiger partial charge in [-0.1, -0.05) is 13.8 Å². The molecule has 1 aromatic heterocycles. The average molecular weight is 419 g/mol. The number of aliphatic hydroxyl groups is 1. The van der Waals surface area contributed by atoms with Crippen molar-refractivity contribution in [3.8, 4) is 0 Å². The highest BCUT2D eigenvalue weighted by atomic mass is 19.4. The Hall–Kier alpha value is -1.81. The molecular weight excluding hydrogens is 387 g/mol. The van der Waals surface area contributed by atoms with Crippen molar-refractivity contribution in [1.82, 2.24) is 20.2 Å². The maximum atomic E-state index is 13.6. The number of methoxy groups -OCH3 is 1. The number of halogens is 3. The van der Waals surface area contributed by atoms with Gasteiger partial charge >= 0.3 is 6.18 Å². The number of aliphatic imine (C=N–C) groups is 1. The topological polar surface area (TPSA) is 83.7 Å². The number of nitrogens with one attached hydrogen (secondary N) is 2. The van der Waals surface area contributed by atoms with Crippen molar-refractivity contribution in [3.05, 3.63) is 18.2 Å². The van der Waals surface area contributed by atoms with E-state index in [9.17, 15) is 18.3 Å². The summed E-state index contributed by atoms with van der Waals surface area (Å²) in [6.45, 7) is 8.39. The van der Waals surface area contributed by atoms with E-state index in [0.29, 0.717) is 12.5 Å². The first-order valence-electron chi connectivity index (χ1n) is 9.69. The summed E-state index contributed by atoms with van der Waals surface area (Å²) in [7, 11) is 3.09. The van der Waals surface area contributed by atoms with E-state index >= 15 is 0 Å². The highest BCUT2D eigenvalue weighted by molar-refractivity contribution is 5.80. The quantitative estimate of drug-likeness (QED) is 0.467. The number of alkyl halides is 3. The van der Waals surface area contributed by atoms with Crippen LogP contribution in [0, 0.1) is 5.41 Å². The minimum atomic E-state index is -4.87. The number of aromatic nitrogens is 2. The lowest BCUT2D eigenvalue weighted by molar-refractivity contribution is -0.272. The molecule has 1 aliphatic rings. The highest BCUT2D eigenvalue weighted by Crippen LogP contribution is 2.51. The van der Waals surface area contributed by atoms with Crippen LogP contribution in [-0.4, -0.2) is 58.6 Å². The van der Waals surface area contributed by atoms with Crippen molar-refractivity contribution >= 4 is 5.96 Å². The van der Waals surface area contributed by atoms with E-state index in [1.807, 2.05) is 13.8 Å². The lowest BCUT2D eigenvalue weighted by Gasteiger charge is -2.59. The number of ether oxygens (including phenoxy) is 1. The van der Waals surface area contributed by atoms with Gasteiger partial charge in [0.1, 0.15) is 5.82 Å². The maximum absolute atomic E-state index is 13.6. The van der Waals surface area contributed by atoms with E-state index in [1.54, 1.807) is 7.11 Å². The number of hydrogen-bond donors (Lipinski definition) is 3. The van der Waals surface area contributed by atoms with E-state index in [1.165, 1.54) is 24.0 Å². The Labute approximate surface area is 169 Å². The Morgan fingerprint density at radius 3 is 2.52 bits per heavy atom. The fourth-order valence-corrected chi connectivity index (χ4v) is 3.68. The highest BCUT2D eigenvalue weighted by Gasteiger charge is 2.58. The van der Waals surface area contributed by atoms with Crippen molar-refractivity contribution in [2.45, 2.75) is 64.0 Å². The average Bonchev–Trinajstić information content (AvgIpc) is 3.06. The van der Waals surface area contributed by atoms with E-state index in [4.69, 9.17) is 4.74 Å². The SMILES string of the molecule is CCNC(=NCCC(O)(c1nccn1C)C(F)(F)F)NC1CC(C)(OC)C1(C)C. The molecule has 1 fully saturated rings. The van der Waals surface area contributed by atoms with Gasteiger partial charge in [0, 0.05) is 57.5 Å². The predicted molar refractivity (Wildman–Crippen MR) is 104 cm³/mol. The third-order valence-electron chi connectivity index (χ3n) is 6.34. The van der Waals surface area contributed by atoms with E-state index in [0.717, 1.165) is 6.42 Å². The van der Waals surface area contributed by atoms with Crippen molar-refractivity contribution in [1.29, 1.82) is 0 Å². The Morgan fingerprint density at radius 1 is 1.41 bits per heavy atom. The van der Waals surface area contributed by atoms with Gasteiger partial charge in [-0.3, -0.25) is 4.99 Å². The van der Waals surface area contributed by atoms with Gasteiger partial charge in [-0.05, 0) is 20.3 Å². The molecule has 0 bridgehead atoms. The van der Waals surface area contributed by atoms with Crippen LogP contribution >= 0.6 is 0 Å². The van der Waals surface area contributed by atoms with Gasteiger partial charge in [-0.15, -0.1) is 0 Å². The molecule has 1 aromatic rings. The normalized spacial score (nSPS) is 26.6. The van der Waals surface area contributed by atoms with Crippen LogP contribution in [-0.2, 0) is 17.4 Å².